The summed E-state index contributed by atoms with van der Waals surface area (Å²) in [6, 6.07) is 4.56. The largest absolute Gasteiger partial charge is 0.491 e. The molecule has 0 aliphatic heterocycles. The topological polar surface area (TPSA) is 86.0 Å². The summed E-state index contributed by atoms with van der Waals surface area (Å²) in [5.74, 6) is 1.02. The van der Waals surface area contributed by atoms with Crippen LogP contribution in [0, 0.1) is 6.92 Å². The quantitative estimate of drug-likeness (QED) is 0.840. The zero-order valence-electron chi connectivity index (χ0n) is 13.3. The van der Waals surface area contributed by atoms with Crippen LogP contribution in [0.15, 0.2) is 24.3 Å². The molecule has 0 fully saturated rings. The van der Waals surface area contributed by atoms with Gasteiger partial charge in [0.05, 0.1) is 11.6 Å². The third kappa shape index (κ3) is 4.97. The number of alkyl halides is 3. The second-order valence-electron chi connectivity index (χ2n) is 5.15. The van der Waals surface area contributed by atoms with E-state index in [1.807, 2.05) is 6.92 Å². The lowest BCUT2D eigenvalue weighted by atomic mass is 10.2. The number of rotatable bonds is 6. The Morgan fingerprint density at radius 1 is 1.25 bits per heavy atom. The molecule has 0 aliphatic carbocycles. The summed E-state index contributed by atoms with van der Waals surface area (Å²) in [4.78, 5) is 11.9. The molecule has 2 rings (SSSR count). The molecule has 1 atom stereocenters. The second-order valence-corrected chi connectivity index (χ2v) is 5.15. The standard InChI is InChI=1S/C15H18F3N5O/c1-3-11(22-14-21-9(2)20-13(19)23-14)8-24-12-6-4-5-10(7-12)15(16,17)18/h4-7,11H,3,8H2,1-2H3,(H3,19,20,21,22,23). The second kappa shape index (κ2) is 7.33. The average Bonchev–Trinajstić information content (AvgIpc) is 2.50. The zero-order valence-corrected chi connectivity index (χ0v) is 13.3. The van der Waals surface area contributed by atoms with Gasteiger partial charge in [0.2, 0.25) is 11.9 Å². The fourth-order valence-corrected chi connectivity index (χ4v) is 1.97. The molecule has 1 aromatic carbocycles. The van der Waals surface area contributed by atoms with E-state index in [1.165, 1.54) is 12.1 Å². The Kier molecular flexibility index (Phi) is 5.42. The van der Waals surface area contributed by atoms with Gasteiger partial charge in [0.15, 0.2) is 0 Å². The van der Waals surface area contributed by atoms with Gasteiger partial charge < -0.3 is 15.8 Å². The molecule has 1 unspecified atom stereocenters. The van der Waals surface area contributed by atoms with Crippen LogP contribution in [0.5, 0.6) is 5.75 Å². The lowest BCUT2D eigenvalue weighted by molar-refractivity contribution is -0.137. The Morgan fingerprint density at radius 3 is 2.62 bits per heavy atom. The smallest absolute Gasteiger partial charge is 0.416 e. The molecule has 24 heavy (non-hydrogen) atoms. The summed E-state index contributed by atoms with van der Waals surface area (Å²) in [6.45, 7) is 3.75. The number of hydrogen-bond donors (Lipinski definition) is 2. The SMILES string of the molecule is CCC(COc1cccc(C(F)(F)F)c1)Nc1nc(C)nc(N)n1. The number of aromatic nitrogens is 3. The highest BCUT2D eigenvalue weighted by atomic mass is 19.4. The third-order valence-electron chi connectivity index (χ3n) is 3.20. The van der Waals surface area contributed by atoms with Crippen LogP contribution in [-0.4, -0.2) is 27.6 Å². The summed E-state index contributed by atoms with van der Waals surface area (Å²) in [5, 5.41) is 3.04. The van der Waals surface area contributed by atoms with E-state index in [4.69, 9.17) is 10.5 Å². The maximum Gasteiger partial charge on any atom is 0.416 e. The molecule has 3 N–H and O–H groups in total. The van der Waals surface area contributed by atoms with Gasteiger partial charge in [-0.2, -0.15) is 28.1 Å². The van der Waals surface area contributed by atoms with Crippen molar-refractivity contribution < 1.29 is 17.9 Å². The van der Waals surface area contributed by atoms with Crippen molar-refractivity contribution in [3.63, 3.8) is 0 Å². The van der Waals surface area contributed by atoms with Crippen molar-refractivity contribution >= 4 is 11.9 Å². The maximum absolute atomic E-state index is 12.7. The highest BCUT2D eigenvalue weighted by molar-refractivity contribution is 5.33. The summed E-state index contributed by atoms with van der Waals surface area (Å²) in [6.07, 6.45) is -3.74. The van der Waals surface area contributed by atoms with Crippen LogP contribution in [0.3, 0.4) is 0 Å². The van der Waals surface area contributed by atoms with E-state index < -0.39 is 11.7 Å². The number of nitrogens with one attached hydrogen (secondary N) is 1. The molecule has 2 aromatic rings. The first-order chi connectivity index (χ1) is 11.3. The summed E-state index contributed by atoms with van der Waals surface area (Å²) >= 11 is 0. The summed E-state index contributed by atoms with van der Waals surface area (Å²) in [7, 11) is 0. The first-order valence-electron chi connectivity index (χ1n) is 7.32. The van der Waals surface area contributed by atoms with E-state index in [0.717, 1.165) is 12.1 Å². The Hall–Kier alpha value is -2.58. The minimum absolute atomic E-state index is 0.0960. The Bertz CT molecular complexity index is 673. The van der Waals surface area contributed by atoms with Gasteiger partial charge in [-0.05, 0) is 31.5 Å². The molecule has 0 amide bonds. The predicted octanol–water partition coefficient (Wildman–Crippen LogP) is 3.05. The van der Waals surface area contributed by atoms with Crippen molar-refractivity contribution in [1.29, 1.82) is 0 Å². The van der Waals surface area contributed by atoms with Crippen LogP contribution in [0.2, 0.25) is 0 Å². The van der Waals surface area contributed by atoms with Crippen LogP contribution in [0.25, 0.3) is 0 Å². The normalized spacial score (nSPS) is 12.7. The molecule has 0 aliphatic rings. The van der Waals surface area contributed by atoms with Crippen molar-refractivity contribution in [3.05, 3.63) is 35.7 Å². The fraction of sp³-hybridized carbons (Fsp3) is 0.400. The van der Waals surface area contributed by atoms with Gasteiger partial charge in [-0.1, -0.05) is 13.0 Å². The minimum Gasteiger partial charge on any atom is -0.491 e. The fourth-order valence-electron chi connectivity index (χ4n) is 1.97. The van der Waals surface area contributed by atoms with Crippen molar-refractivity contribution in [2.75, 3.05) is 17.7 Å². The number of hydrogen-bond acceptors (Lipinski definition) is 6. The van der Waals surface area contributed by atoms with Gasteiger partial charge in [0.25, 0.3) is 0 Å². The molecular weight excluding hydrogens is 323 g/mol. The third-order valence-corrected chi connectivity index (χ3v) is 3.20. The number of halogens is 3. The average molecular weight is 341 g/mol. The van der Waals surface area contributed by atoms with Crippen molar-refractivity contribution in [2.24, 2.45) is 0 Å². The Labute approximate surface area is 137 Å². The first kappa shape index (κ1) is 17.8. The monoisotopic (exact) mass is 341 g/mol. The summed E-state index contributed by atoms with van der Waals surface area (Å²) in [5.41, 5.74) is 4.81. The lowest BCUT2D eigenvalue weighted by Gasteiger charge is -2.18. The molecule has 1 heterocycles. The number of nitrogens with zero attached hydrogens (tertiary/aromatic N) is 3. The first-order valence-corrected chi connectivity index (χ1v) is 7.32. The van der Waals surface area contributed by atoms with Gasteiger partial charge >= 0.3 is 6.18 Å². The van der Waals surface area contributed by atoms with Crippen LogP contribution in [-0.2, 0) is 6.18 Å². The van der Waals surface area contributed by atoms with E-state index in [-0.39, 0.29) is 24.3 Å². The van der Waals surface area contributed by atoms with Crippen molar-refractivity contribution in [2.45, 2.75) is 32.5 Å². The predicted molar refractivity (Wildman–Crippen MR) is 83.6 cm³/mol. The van der Waals surface area contributed by atoms with Crippen molar-refractivity contribution in [3.8, 4) is 5.75 Å². The van der Waals surface area contributed by atoms with E-state index in [2.05, 4.69) is 20.3 Å². The van der Waals surface area contributed by atoms with Crippen molar-refractivity contribution in [1.82, 2.24) is 15.0 Å². The molecule has 0 saturated carbocycles. The molecule has 130 valence electrons. The molecule has 0 bridgehead atoms. The van der Waals surface area contributed by atoms with E-state index in [9.17, 15) is 13.2 Å². The Balaban J connectivity index is 2.01. The molecule has 1 aromatic heterocycles. The van der Waals surface area contributed by atoms with Crippen LogP contribution >= 0.6 is 0 Å². The molecular formula is C15H18F3N5O. The molecule has 0 radical (unpaired) electrons. The lowest BCUT2D eigenvalue weighted by Crippen LogP contribution is -2.27. The van der Waals surface area contributed by atoms with E-state index >= 15 is 0 Å². The van der Waals surface area contributed by atoms with E-state index in [1.54, 1.807) is 6.92 Å². The van der Waals surface area contributed by atoms with Gasteiger partial charge in [-0.25, -0.2) is 0 Å². The number of nitrogens with two attached hydrogens (primary N) is 1. The maximum atomic E-state index is 12.7. The van der Waals surface area contributed by atoms with Gasteiger partial charge in [-0.15, -0.1) is 0 Å². The molecule has 0 saturated heterocycles. The summed E-state index contributed by atoms with van der Waals surface area (Å²) < 4.78 is 43.5. The zero-order chi connectivity index (χ0) is 17.7. The number of nitrogen functional groups attached to an aromatic ring is 1. The number of aryl methyl sites for hydroxylation is 1. The van der Waals surface area contributed by atoms with Crippen LogP contribution in [0.1, 0.15) is 24.7 Å². The van der Waals surface area contributed by atoms with E-state index in [0.29, 0.717) is 18.2 Å². The van der Waals surface area contributed by atoms with Crippen LogP contribution in [0.4, 0.5) is 25.1 Å². The van der Waals surface area contributed by atoms with Crippen LogP contribution < -0.4 is 15.8 Å². The number of ether oxygens (including phenoxy) is 1. The number of benzene rings is 1. The Morgan fingerprint density at radius 2 is 2.00 bits per heavy atom. The molecule has 0 spiro atoms. The molecule has 9 heteroatoms. The number of anilines is 2. The molecule has 6 nitrogen and oxygen atoms in total. The highest BCUT2D eigenvalue weighted by Gasteiger charge is 2.30. The minimum atomic E-state index is -4.40. The van der Waals surface area contributed by atoms with Gasteiger partial charge in [0, 0.05) is 0 Å². The highest BCUT2D eigenvalue weighted by Crippen LogP contribution is 2.31. The van der Waals surface area contributed by atoms with Gasteiger partial charge in [-0.3, -0.25) is 0 Å². The van der Waals surface area contributed by atoms with Gasteiger partial charge in [0.1, 0.15) is 18.2 Å².